The predicted octanol–water partition coefficient (Wildman–Crippen LogP) is 1.31. The van der Waals surface area contributed by atoms with Gasteiger partial charge in [0.2, 0.25) is 5.91 Å². The molecule has 1 fully saturated rings. The van der Waals surface area contributed by atoms with Gasteiger partial charge in [-0.2, -0.15) is 0 Å². The summed E-state index contributed by atoms with van der Waals surface area (Å²) in [6, 6.07) is 4.28. The van der Waals surface area contributed by atoms with Crippen molar-refractivity contribution in [2.75, 3.05) is 33.2 Å². The first-order valence-corrected chi connectivity index (χ1v) is 7.41. The molecule has 112 valence electrons. The fourth-order valence-electron chi connectivity index (χ4n) is 2.69. The molecule has 0 bridgehead atoms. The van der Waals surface area contributed by atoms with Gasteiger partial charge in [0, 0.05) is 13.1 Å². The van der Waals surface area contributed by atoms with Gasteiger partial charge in [0.25, 0.3) is 0 Å². The molecule has 1 aromatic heterocycles. The first-order valence-electron chi connectivity index (χ1n) is 7.41. The molecule has 0 aromatic carbocycles. The number of hydrogen-bond donors (Lipinski definition) is 1. The van der Waals surface area contributed by atoms with E-state index in [2.05, 4.69) is 17.1 Å². The van der Waals surface area contributed by atoms with E-state index in [1.54, 1.807) is 11.2 Å². The molecule has 5 heteroatoms. The maximum atomic E-state index is 12.3. The van der Waals surface area contributed by atoms with Crippen molar-refractivity contribution in [1.82, 2.24) is 15.1 Å². The third kappa shape index (κ3) is 4.08. The van der Waals surface area contributed by atoms with Crippen LogP contribution in [0.1, 0.15) is 25.5 Å². The second-order valence-electron chi connectivity index (χ2n) is 5.37. The van der Waals surface area contributed by atoms with Crippen molar-refractivity contribution in [3.8, 4) is 0 Å². The summed E-state index contributed by atoms with van der Waals surface area (Å²) in [6.45, 7) is 6.19. The lowest BCUT2D eigenvalue weighted by atomic mass is 10.0. The van der Waals surface area contributed by atoms with Gasteiger partial charge < -0.3 is 14.6 Å². The number of amides is 1. The van der Waals surface area contributed by atoms with Crippen LogP contribution >= 0.6 is 0 Å². The molecule has 0 spiro atoms. The van der Waals surface area contributed by atoms with Gasteiger partial charge >= 0.3 is 0 Å². The fraction of sp³-hybridized carbons (Fsp3) is 0.667. The summed E-state index contributed by atoms with van der Waals surface area (Å²) >= 11 is 0. The minimum Gasteiger partial charge on any atom is -0.467 e. The van der Waals surface area contributed by atoms with Crippen LogP contribution in [-0.2, 0) is 11.3 Å². The molecule has 2 heterocycles. The predicted molar refractivity (Wildman–Crippen MR) is 78.3 cm³/mol. The van der Waals surface area contributed by atoms with Gasteiger partial charge in [-0.25, -0.2) is 0 Å². The van der Waals surface area contributed by atoms with Gasteiger partial charge in [-0.15, -0.1) is 0 Å². The van der Waals surface area contributed by atoms with Crippen molar-refractivity contribution in [3.05, 3.63) is 24.2 Å². The van der Waals surface area contributed by atoms with E-state index in [0.717, 1.165) is 38.2 Å². The van der Waals surface area contributed by atoms with Gasteiger partial charge in [-0.1, -0.05) is 6.92 Å². The van der Waals surface area contributed by atoms with Crippen LogP contribution in [-0.4, -0.2) is 55.0 Å². The van der Waals surface area contributed by atoms with E-state index in [-0.39, 0.29) is 5.91 Å². The number of piperidine rings is 1. The zero-order valence-electron chi connectivity index (χ0n) is 12.5. The Hall–Kier alpha value is -1.33. The molecule has 0 saturated carbocycles. The summed E-state index contributed by atoms with van der Waals surface area (Å²) in [6.07, 6.45) is 3.90. The van der Waals surface area contributed by atoms with Crippen LogP contribution < -0.4 is 5.32 Å². The van der Waals surface area contributed by atoms with Crippen molar-refractivity contribution in [1.29, 1.82) is 0 Å². The summed E-state index contributed by atoms with van der Waals surface area (Å²) in [5.74, 6) is 0.979. The first kappa shape index (κ1) is 15.1. The number of hydrogen-bond acceptors (Lipinski definition) is 4. The molecule has 1 amide bonds. The average molecular weight is 279 g/mol. The zero-order chi connectivity index (χ0) is 14.4. The molecule has 1 aromatic rings. The Balaban J connectivity index is 1.84. The molecular weight excluding hydrogens is 254 g/mol. The van der Waals surface area contributed by atoms with Crippen LogP contribution in [0.15, 0.2) is 22.8 Å². The molecule has 5 nitrogen and oxygen atoms in total. The Bertz CT molecular complexity index is 399. The lowest BCUT2D eigenvalue weighted by Crippen LogP contribution is -2.47. The summed E-state index contributed by atoms with van der Waals surface area (Å²) in [5, 5.41) is 3.37. The Kier molecular flexibility index (Phi) is 5.61. The van der Waals surface area contributed by atoms with Gasteiger partial charge in [0.05, 0.1) is 19.4 Å². The lowest BCUT2D eigenvalue weighted by Gasteiger charge is -2.34. The second-order valence-corrected chi connectivity index (χ2v) is 5.37. The van der Waals surface area contributed by atoms with E-state index >= 15 is 0 Å². The number of nitrogens with zero attached hydrogens (tertiary/aromatic N) is 2. The second kappa shape index (κ2) is 7.45. The van der Waals surface area contributed by atoms with Gasteiger partial charge in [0.1, 0.15) is 5.76 Å². The molecule has 20 heavy (non-hydrogen) atoms. The van der Waals surface area contributed by atoms with Gasteiger partial charge in [-0.3, -0.25) is 9.69 Å². The van der Waals surface area contributed by atoms with Crippen LogP contribution in [0, 0.1) is 0 Å². The topological polar surface area (TPSA) is 48.7 Å². The number of rotatable bonds is 6. The normalized spacial score (nSPS) is 16.6. The van der Waals surface area contributed by atoms with Crippen LogP contribution in [0.25, 0.3) is 0 Å². The molecule has 1 saturated heterocycles. The van der Waals surface area contributed by atoms with E-state index in [1.165, 1.54) is 0 Å². The highest BCUT2D eigenvalue weighted by Crippen LogP contribution is 2.12. The third-order valence-corrected chi connectivity index (χ3v) is 3.97. The molecule has 0 aliphatic carbocycles. The minimum atomic E-state index is 0.154. The molecular formula is C15H25N3O2. The van der Waals surface area contributed by atoms with E-state index in [9.17, 15) is 4.79 Å². The van der Waals surface area contributed by atoms with Crippen molar-refractivity contribution in [2.45, 2.75) is 32.4 Å². The number of furan rings is 1. The summed E-state index contributed by atoms with van der Waals surface area (Å²) in [4.78, 5) is 16.3. The molecule has 1 aliphatic rings. The van der Waals surface area contributed by atoms with E-state index in [0.29, 0.717) is 19.1 Å². The Morgan fingerprint density at radius 1 is 1.45 bits per heavy atom. The molecule has 1 aliphatic heterocycles. The molecule has 0 radical (unpaired) electrons. The van der Waals surface area contributed by atoms with Crippen molar-refractivity contribution in [2.24, 2.45) is 0 Å². The highest BCUT2D eigenvalue weighted by Gasteiger charge is 2.23. The van der Waals surface area contributed by atoms with E-state index < -0.39 is 0 Å². The SMILES string of the molecule is CCN(CC(=O)N(C)Cc1ccco1)C1CCNCC1. The largest absolute Gasteiger partial charge is 0.467 e. The maximum absolute atomic E-state index is 12.3. The zero-order valence-corrected chi connectivity index (χ0v) is 12.5. The number of carbonyl (C=O) groups excluding carboxylic acids is 1. The van der Waals surface area contributed by atoms with Crippen molar-refractivity contribution in [3.63, 3.8) is 0 Å². The summed E-state index contributed by atoms with van der Waals surface area (Å²) in [7, 11) is 1.83. The number of carbonyl (C=O) groups is 1. The lowest BCUT2D eigenvalue weighted by molar-refractivity contribution is -0.132. The van der Waals surface area contributed by atoms with E-state index in [1.807, 2.05) is 19.2 Å². The Morgan fingerprint density at radius 3 is 2.80 bits per heavy atom. The minimum absolute atomic E-state index is 0.154. The first-order chi connectivity index (χ1) is 9.70. The standard InChI is InChI=1S/C15H25N3O2/c1-3-18(13-6-8-16-9-7-13)12-15(19)17(2)11-14-5-4-10-20-14/h4-5,10,13,16H,3,6-9,11-12H2,1-2H3. The van der Waals surface area contributed by atoms with E-state index in [4.69, 9.17) is 4.42 Å². The summed E-state index contributed by atoms with van der Waals surface area (Å²) in [5.41, 5.74) is 0. The van der Waals surface area contributed by atoms with Gasteiger partial charge in [-0.05, 0) is 44.6 Å². The summed E-state index contributed by atoms with van der Waals surface area (Å²) < 4.78 is 5.29. The monoisotopic (exact) mass is 279 g/mol. The smallest absolute Gasteiger partial charge is 0.236 e. The highest BCUT2D eigenvalue weighted by molar-refractivity contribution is 5.77. The molecule has 0 atom stereocenters. The Morgan fingerprint density at radius 2 is 2.20 bits per heavy atom. The van der Waals surface area contributed by atoms with Crippen molar-refractivity contribution >= 4 is 5.91 Å². The molecule has 2 rings (SSSR count). The van der Waals surface area contributed by atoms with Gasteiger partial charge in [0.15, 0.2) is 0 Å². The average Bonchev–Trinajstić information content (AvgIpc) is 2.98. The quantitative estimate of drug-likeness (QED) is 0.853. The Labute approximate surface area is 120 Å². The number of likely N-dealkylation sites (N-methyl/N-ethyl adjacent to an activating group) is 2. The number of nitrogens with one attached hydrogen (secondary N) is 1. The van der Waals surface area contributed by atoms with Crippen LogP contribution in [0.5, 0.6) is 0 Å². The van der Waals surface area contributed by atoms with Crippen LogP contribution in [0.4, 0.5) is 0 Å². The van der Waals surface area contributed by atoms with Crippen LogP contribution in [0.3, 0.4) is 0 Å². The molecule has 0 unspecified atom stereocenters. The maximum Gasteiger partial charge on any atom is 0.236 e. The molecule has 1 N–H and O–H groups in total. The third-order valence-electron chi connectivity index (χ3n) is 3.97. The van der Waals surface area contributed by atoms with Crippen molar-refractivity contribution < 1.29 is 9.21 Å². The fourth-order valence-corrected chi connectivity index (χ4v) is 2.69. The highest BCUT2D eigenvalue weighted by atomic mass is 16.3. The van der Waals surface area contributed by atoms with Crippen LogP contribution in [0.2, 0.25) is 0 Å².